The summed E-state index contributed by atoms with van der Waals surface area (Å²) in [5.41, 5.74) is 6.08. The fourth-order valence-electron chi connectivity index (χ4n) is 1.27. The van der Waals surface area contributed by atoms with E-state index >= 15 is 0 Å². The Labute approximate surface area is 99.4 Å². The van der Waals surface area contributed by atoms with Crippen molar-refractivity contribution in [1.29, 1.82) is 0 Å². The summed E-state index contributed by atoms with van der Waals surface area (Å²) in [7, 11) is 1.55. The van der Waals surface area contributed by atoms with Gasteiger partial charge < -0.3 is 15.4 Å². The zero-order valence-electron chi connectivity index (χ0n) is 10.2. The highest BCUT2D eigenvalue weighted by Gasteiger charge is 2.12. The topological polar surface area (TPSA) is 51.4 Å². The van der Waals surface area contributed by atoms with Crippen molar-refractivity contribution in [3.63, 3.8) is 0 Å². The van der Waals surface area contributed by atoms with Crippen LogP contribution in [0.4, 0.5) is 20.3 Å². The van der Waals surface area contributed by atoms with Crippen LogP contribution in [-0.4, -0.2) is 31.1 Å². The first-order chi connectivity index (χ1) is 7.90. The van der Waals surface area contributed by atoms with Crippen LogP contribution in [0.5, 0.6) is 5.88 Å². The zero-order chi connectivity index (χ0) is 13.0. The first kappa shape index (κ1) is 13.5. The van der Waals surface area contributed by atoms with Crippen molar-refractivity contribution >= 4 is 11.5 Å². The van der Waals surface area contributed by atoms with Crippen LogP contribution in [-0.2, 0) is 0 Å². The van der Waals surface area contributed by atoms with Crippen LogP contribution >= 0.6 is 0 Å². The maximum absolute atomic E-state index is 12.2. The van der Waals surface area contributed by atoms with E-state index in [4.69, 9.17) is 10.5 Å². The van der Waals surface area contributed by atoms with Gasteiger partial charge in [0.2, 0.25) is 5.88 Å². The van der Waals surface area contributed by atoms with E-state index in [0.717, 1.165) is 0 Å². The molecule has 0 amide bonds. The van der Waals surface area contributed by atoms with Crippen molar-refractivity contribution in [3.05, 3.63) is 12.1 Å². The summed E-state index contributed by atoms with van der Waals surface area (Å²) in [6, 6.07) is 3.19. The van der Waals surface area contributed by atoms with Gasteiger partial charge in [0.25, 0.3) is 6.43 Å². The Morgan fingerprint density at radius 3 is 2.59 bits per heavy atom. The number of alkyl halides is 2. The molecule has 96 valence electrons. The van der Waals surface area contributed by atoms with Crippen molar-refractivity contribution in [3.8, 4) is 5.88 Å². The number of hydrogen-bond donors (Lipinski definition) is 1. The highest BCUT2D eigenvalue weighted by atomic mass is 19.3. The normalized spacial score (nSPS) is 11.0. The van der Waals surface area contributed by atoms with Crippen LogP contribution in [0.3, 0.4) is 0 Å². The van der Waals surface area contributed by atoms with E-state index in [2.05, 4.69) is 4.98 Å². The molecule has 6 heteroatoms. The third-order valence-electron chi connectivity index (χ3n) is 2.03. The van der Waals surface area contributed by atoms with Crippen molar-refractivity contribution in [1.82, 2.24) is 4.98 Å². The Balaban J connectivity index is 2.87. The van der Waals surface area contributed by atoms with Gasteiger partial charge in [-0.05, 0) is 26.0 Å². The smallest absolute Gasteiger partial charge is 0.255 e. The molecule has 0 aliphatic rings. The number of ether oxygens (including phenoxy) is 1. The number of nitrogen functional groups attached to an aromatic ring is 1. The molecule has 4 nitrogen and oxygen atoms in total. The van der Waals surface area contributed by atoms with Crippen LogP contribution in [0, 0.1) is 0 Å². The quantitative estimate of drug-likeness (QED) is 0.863. The molecule has 17 heavy (non-hydrogen) atoms. The predicted octanol–water partition coefficient (Wildman–Crippen LogP) is 2.15. The third-order valence-corrected chi connectivity index (χ3v) is 2.03. The maximum atomic E-state index is 12.2. The van der Waals surface area contributed by atoms with Gasteiger partial charge >= 0.3 is 0 Å². The van der Waals surface area contributed by atoms with Gasteiger partial charge in [0.1, 0.15) is 5.82 Å². The molecular weight excluding hydrogens is 228 g/mol. The lowest BCUT2D eigenvalue weighted by Gasteiger charge is -2.19. The molecule has 1 heterocycles. The van der Waals surface area contributed by atoms with E-state index in [1.807, 2.05) is 13.8 Å². The monoisotopic (exact) mass is 245 g/mol. The van der Waals surface area contributed by atoms with E-state index in [9.17, 15) is 8.78 Å². The second kappa shape index (κ2) is 5.65. The van der Waals surface area contributed by atoms with Crippen LogP contribution in [0.25, 0.3) is 0 Å². The number of hydrogen-bond acceptors (Lipinski definition) is 4. The molecule has 0 aromatic carbocycles. The number of pyridine rings is 1. The minimum absolute atomic E-state index is 0.0690. The second-order valence-electron chi connectivity index (χ2n) is 4.00. The summed E-state index contributed by atoms with van der Waals surface area (Å²) in [6.07, 6.45) is -2.48. The maximum Gasteiger partial charge on any atom is 0.255 e. The second-order valence-corrected chi connectivity index (χ2v) is 4.00. The summed E-state index contributed by atoms with van der Waals surface area (Å²) in [5, 5.41) is 0. The highest BCUT2D eigenvalue weighted by Crippen LogP contribution is 2.23. The van der Waals surface area contributed by atoms with E-state index in [0.29, 0.717) is 11.5 Å². The minimum Gasteiger partial charge on any atom is -0.473 e. The average molecular weight is 245 g/mol. The van der Waals surface area contributed by atoms with Gasteiger partial charge in [0.05, 0.1) is 18.3 Å². The molecule has 0 aliphatic carbocycles. The van der Waals surface area contributed by atoms with Crippen LogP contribution in [0.2, 0.25) is 0 Å². The molecule has 0 radical (unpaired) electrons. The Morgan fingerprint density at radius 1 is 1.41 bits per heavy atom. The lowest BCUT2D eigenvalue weighted by atomic mass is 10.3. The third kappa shape index (κ3) is 4.05. The zero-order valence-corrected chi connectivity index (χ0v) is 10.2. The predicted molar refractivity (Wildman–Crippen MR) is 63.7 cm³/mol. The number of nitrogens with two attached hydrogens (primary N) is 1. The lowest BCUT2D eigenvalue weighted by Crippen LogP contribution is -2.25. The number of nitrogens with zero attached hydrogens (tertiary/aromatic N) is 2. The summed E-state index contributed by atoms with van der Waals surface area (Å²) >= 11 is 0. The first-order valence-corrected chi connectivity index (χ1v) is 5.32. The number of rotatable bonds is 5. The van der Waals surface area contributed by atoms with E-state index in [1.54, 1.807) is 19.2 Å². The van der Waals surface area contributed by atoms with Gasteiger partial charge in [0.15, 0.2) is 0 Å². The SMILES string of the molecule is CC(C)Oc1nc(N(C)CC(F)F)ccc1N. The molecule has 1 aromatic heterocycles. The van der Waals surface area contributed by atoms with Crippen molar-refractivity contribution in [2.45, 2.75) is 26.4 Å². The van der Waals surface area contributed by atoms with E-state index < -0.39 is 6.43 Å². The van der Waals surface area contributed by atoms with Gasteiger partial charge in [-0.25, -0.2) is 8.78 Å². The molecule has 0 aliphatic heterocycles. The van der Waals surface area contributed by atoms with Gasteiger partial charge in [-0.2, -0.15) is 4.98 Å². The Hall–Kier alpha value is -1.59. The van der Waals surface area contributed by atoms with Crippen molar-refractivity contribution in [2.75, 3.05) is 24.2 Å². The molecule has 0 saturated heterocycles. The van der Waals surface area contributed by atoms with Gasteiger partial charge in [0, 0.05) is 7.05 Å². The molecule has 1 rings (SSSR count). The molecule has 0 bridgehead atoms. The van der Waals surface area contributed by atoms with Crippen LogP contribution in [0.15, 0.2) is 12.1 Å². The standard InChI is InChI=1S/C11H17F2N3O/c1-7(2)17-11-8(14)4-5-10(15-11)16(3)6-9(12)13/h4-5,7,9H,6,14H2,1-3H3. The lowest BCUT2D eigenvalue weighted by molar-refractivity contribution is 0.156. The molecule has 0 saturated carbocycles. The summed E-state index contributed by atoms with van der Waals surface area (Å²) in [6.45, 7) is 3.31. The molecular formula is C11H17F2N3O. The largest absolute Gasteiger partial charge is 0.473 e. The summed E-state index contributed by atoms with van der Waals surface area (Å²) in [4.78, 5) is 5.47. The molecule has 0 fully saturated rings. The first-order valence-electron chi connectivity index (χ1n) is 5.32. The van der Waals surface area contributed by atoms with Crippen molar-refractivity contribution < 1.29 is 13.5 Å². The number of anilines is 2. The van der Waals surface area contributed by atoms with E-state index in [1.165, 1.54) is 4.90 Å². The molecule has 0 atom stereocenters. The Kier molecular flexibility index (Phi) is 4.48. The van der Waals surface area contributed by atoms with Crippen molar-refractivity contribution in [2.24, 2.45) is 0 Å². The summed E-state index contributed by atoms with van der Waals surface area (Å²) in [5.74, 6) is 0.689. The number of halogens is 2. The van der Waals surface area contributed by atoms with Gasteiger partial charge in [-0.3, -0.25) is 0 Å². The van der Waals surface area contributed by atoms with Gasteiger partial charge in [-0.15, -0.1) is 0 Å². The van der Waals surface area contributed by atoms with Gasteiger partial charge in [-0.1, -0.05) is 0 Å². The molecule has 0 spiro atoms. The fraction of sp³-hybridized carbons (Fsp3) is 0.545. The van der Waals surface area contributed by atoms with Crippen LogP contribution < -0.4 is 15.4 Å². The van der Waals surface area contributed by atoms with E-state index in [-0.39, 0.29) is 18.5 Å². The minimum atomic E-state index is -2.41. The number of aromatic nitrogens is 1. The average Bonchev–Trinajstić information content (AvgIpc) is 2.19. The van der Waals surface area contributed by atoms with Crippen LogP contribution in [0.1, 0.15) is 13.8 Å². The highest BCUT2D eigenvalue weighted by molar-refractivity contribution is 5.54. The Bertz CT molecular complexity index is 372. The Morgan fingerprint density at radius 2 is 2.06 bits per heavy atom. The molecule has 1 aromatic rings. The molecule has 2 N–H and O–H groups in total. The fourth-order valence-corrected chi connectivity index (χ4v) is 1.27. The molecule has 0 unspecified atom stereocenters. The summed E-state index contributed by atoms with van der Waals surface area (Å²) < 4.78 is 29.9.